The van der Waals surface area contributed by atoms with Crippen molar-refractivity contribution in [1.29, 1.82) is 0 Å². The summed E-state index contributed by atoms with van der Waals surface area (Å²) in [7, 11) is 5.34. The van der Waals surface area contributed by atoms with Crippen molar-refractivity contribution in [3.8, 4) is 0 Å². The molecule has 1 saturated heterocycles. The molecule has 0 amide bonds. The quantitative estimate of drug-likeness (QED) is 0.521. The van der Waals surface area contributed by atoms with Crippen LogP contribution >= 0.6 is 26.1 Å². The van der Waals surface area contributed by atoms with Crippen LogP contribution in [0.3, 0.4) is 0 Å². The molecule has 0 aromatic carbocycles. The van der Waals surface area contributed by atoms with Crippen LogP contribution in [0.1, 0.15) is 0 Å². The average molecular weight is 184 g/mol. The summed E-state index contributed by atoms with van der Waals surface area (Å²) in [6.07, 6.45) is 0. The fraction of sp³-hybridized carbons (Fsp3) is 1.00. The fourth-order valence-electron chi connectivity index (χ4n) is 0.421. The second-order valence-corrected chi connectivity index (χ2v) is 6.47. The van der Waals surface area contributed by atoms with E-state index < -0.39 is 0 Å². The molecule has 4 nitrogen and oxygen atoms in total. The first-order valence-corrected chi connectivity index (χ1v) is 5.84. The third-order valence-electron chi connectivity index (χ3n) is 0.849. The number of rotatable bonds is 1. The van der Waals surface area contributed by atoms with E-state index in [4.69, 9.17) is 0 Å². The zero-order valence-corrected chi connectivity index (χ0v) is 8.29. The highest BCUT2D eigenvalue weighted by molar-refractivity contribution is 7.72. The molecular formula is C2H11N4P3. The molecule has 0 aliphatic carbocycles. The van der Waals surface area contributed by atoms with Crippen LogP contribution in [0.4, 0.5) is 0 Å². The monoisotopic (exact) mass is 184 g/mol. The van der Waals surface area contributed by atoms with Gasteiger partial charge in [-0.05, 0) is 14.1 Å². The first-order valence-electron chi connectivity index (χ1n) is 2.54. The van der Waals surface area contributed by atoms with Gasteiger partial charge in [0.25, 0.3) is 0 Å². The van der Waals surface area contributed by atoms with Gasteiger partial charge in [0.15, 0.2) is 0 Å². The summed E-state index contributed by atoms with van der Waals surface area (Å²) in [6.45, 7) is 0. The maximum Gasteiger partial charge on any atom is 0.123 e. The normalized spacial score (nSPS) is 34.3. The minimum Gasteiger partial charge on any atom is -0.263 e. The lowest BCUT2D eigenvalue weighted by atomic mass is 11.3. The Morgan fingerprint density at radius 3 is 2.11 bits per heavy atom. The third-order valence-corrected chi connectivity index (χ3v) is 5.24. The molecule has 3 N–H and O–H groups in total. The van der Waals surface area contributed by atoms with E-state index in [9.17, 15) is 0 Å². The molecule has 2 unspecified atom stereocenters. The molecule has 0 aromatic rings. The smallest absolute Gasteiger partial charge is 0.123 e. The topological polar surface area (TPSA) is 39.3 Å². The lowest BCUT2D eigenvalue weighted by Gasteiger charge is -2.29. The summed E-state index contributed by atoms with van der Waals surface area (Å²) < 4.78 is 2.18. The third kappa shape index (κ3) is 2.69. The fourth-order valence-corrected chi connectivity index (χ4v) is 5.30. The van der Waals surface area contributed by atoms with Gasteiger partial charge in [0.1, 0.15) is 8.37 Å². The Morgan fingerprint density at radius 1 is 1.22 bits per heavy atom. The Morgan fingerprint density at radius 2 is 1.78 bits per heavy atom. The van der Waals surface area contributed by atoms with E-state index in [-0.39, 0.29) is 8.37 Å². The molecule has 1 aliphatic heterocycles. The molecule has 0 bridgehead atoms. The molecule has 7 heteroatoms. The molecule has 9 heavy (non-hydrogen) atoms. The summed E-state index contributed by atoms with van der Waals surface area (Å²) in [5, 5.41) is 0. The van der Waals surface area contributed by atoms with Gasteiger partial charge in [0, 0.05) is 17.8 Å². The average Bonchev–Trinajstić information content (AvgIpc) is 1.90. The molecule has 1 fully saturated rings. The molecular weight excluding hydrogens is 173 g/mol. The number of hydrogen-bond acceptors (Lipinski definition) is 4. The number of hydrogen-bond donors (Lipinski definition) is 3. The van der Waals surface area contributed by atoms with Gasteiger partial charge in [-0.3, -0.25) is 9.53 Å². The van der Waals surface area contributed by atoms with Gasteiger partial charge in [-0.1, -0.05) is 0 Å². The molecule has 0 radical (unpaired) electrons. The van der Waals surface area contributed by atoms with Crippen LogP contribution in [0.25, 0.3) is 0 Å². The van der Waals surface area contributed by atoms with Crippen LogP contribution in [0.15, 0.2) is 0 Å². The molecule has 1 aliphatic rings. The highest BCUT2D eigenvalue weighted by Crippen LogP contribution is 2.40. The molecule has 0 spiro atoms. The summed E-state index contributed by atoms with van der Waals surface area (Å²) in [4.78, 5) is 9.84. The SMILES string of the molecule is CN(C)P1NPNPN1. The molecule has 0 aromatic heterocycles. The van der Waals surface area contributed by atoms with Crippen LogP contribution in [0, 0.1) is 0 Å². The van der Waals surface area contributed by atoms with E-state index in [2.05, 4.69) is 33.3 Å². The zero-order valence-electron chi connectivity index (χ0n) is 5.39. The van der Waals surface area contributed by atoms with Crippen LogP contribution in [-0.2, 0) is 0 Å². The van der Waals surface area contributed by atoms with E-state index in [0.717, 1.165) is 0 Å². The van der Waals surface area contributed by atoms with E-state index in [1.165, 1.54) is 0 Å². The summed E-state index contributed by atoms with van der Waals surface area (Å²) in [5.41, 5.74) is 0. The van der Waals surface area contributed by atoms with Gasteiger partial charge < -0.3 is 0 Å². The Hall–Kier alpha value is 1.13. The second-order valence-electron chi connectivity index (χ2n) is 1.76. The highest BCUT2D eigenvalue weighted by Gasteiger charge is 2.12. The Bertz CT molecular complexity index is 81.9. The first-order chi connectivity index (χ1) is 4.30. The van der Waals surface area contributed by atoms with Crippen molar-refractivity contribution in [3.63, 3.8) is 0 Å². The van der Waals surface area contributed by atoms with E-state index in [1.54, 1.807) is 0 Å². The van der Waals surface area contributed by atoms with Crippen molar-refractivity contribution in [2.45, 2.75) is 0 Å². The summed E-state index contributed by atoms with van der Waals surface area (Å²) >= 11 is 0. The Balaban J connectivity index is 2.23. The van der Waals surface area contributed by atoms with E-state index >= 15 is 0 Å². The number of nitrogens with one attached hydrogen (secondary N) is 3. The Labute approximate surface area is 60.2 Å². The van der Waals surface area contributed by atoms with Crippen molar-refractivity contribution in [1.82, 2.24) is 19.2 Å². The first kappa shape index (κ1) is 8.23. The minimum atomic E-state index is -0.235. The molecule has 1 rings (SSSR count). The lowest BCUT2D eigenvalue weighted by molar-refractivity contribution is 0.668. The van der Waals surface area contributed by atoms with E-state index in [0.29, 0.717) is 17.8 Å². The predicted molar refractivity (Wildman–Crippen MR) is 46.6 cm³/mol. The lowest BCUT2D eigenvalue weighted by Crippen LogP contribution is -2.24. The van der Waals surface area contributed by atoms with Gasteiger partial charge in [-0.15, -0.1) is 0 Å². The maximum absolute atomic E-state index is 3.32. The van der Waals surface area contributed by atoms with Crippen LogP contribution < -0.4 is 14.6 Å². The molecule has 0 saturated carbocycles. The Kier molecular flexibility index (Phi) is 3.75. The zero-order chi connectivity index (χ0) is 6.69. The van der Waals surface area contributed by atoms with Gasteiger partial charge in [0.05, 0.1) is 0 Å². The predicted octanol–water partition coefficient (Wildman–Crippen LogP) is 0.574. The van der Waals surface area contributed by atoms with Crippen molar-refractivity contribution >= 4 is 26.1 Å². The van der Waals surface area contributed by atoms with Gasteiger partial charge in [-0.2, -0.15) is 0 Å². The largest absolute Gasteiger partial charge is 0.263 e. The van der Waals surface area contributed by atoms with Gasteiger partial charge >= 0.3 is 0 Å². The van der Waals surface area contributed by atoms with Crippen LogP contribution in [0.5, 0.6) is 0 Å². The summed E-state index contributed by atoms with van der Waals surface area (Å²) in [5.74, 6) is 0. The summed E-state index contributed by atoms with van der Waals surface area (Å²) in [6, 6.07) is 0. The molecule has 2 atom stereocenters. The standard InChI is InChI=1S/C2H11N4P3/c1-6(2)9-4-7-3-8-5-9/h3-5,7-8H,1-2H3. The number of nitrogens with zero attached hydrogens (tertiary/aromatic N) is 1. The van der Waals surface area contributed by atoms with E-state index in [1.807, 2.05) is 0 Å². The molecule has 54 valence electrons. The highest BCUT2D eigenvalue weighted by atomic mass is 31.2. The molecule has 1 heterocycles. The maximum atomic E-state index is 3.32. The van der Waals surface area contributed by atoms with Crippen LogP contribution in [0.2, 0.25) is 0 Å². The van der Waals surface area contributed by atoms with Crippen molar-refractivity contribution in [3.05, 3.63) is 0 Å². The van der Waals surface area contributed by atoms with Crippen molar-refractivity contribution in [2.75, 3.05) is 14.1 Å². The van der Waals surface area contributed by atoms with Gasteiger partial charge in [0.2, 0.25) is 0 Å². The minimum absolute atomic E-state index is 0.235. The second kappa shape index (κ2) is 4.10. The van der Waals surface area contributed by atoms with Crippen molar-refractivity contribution in [2.24, 2.45) is 0 Å². The van der Waals surface area contributed by atoms with Crippen molar-refractivity contribution < 1.29 is 0 Å². The van der Waals surface area contributed by atoms with Crippen LogP contribution in [-0.4, -0.2) is 18.8 Å². The van der Waals surface area contributed by atoms with Gasteiger partial charge in [-0.25, -0.2) is 9.72 Å².